The zero-order valence-electron chi connectivity index (χ0n) is 16.9. The Morgan fingerprint density at radius 2 is 1.91 bits per heavy atom. The van der Waals surface area contributed by atoms with E-state index in [0.717, 1.165) is 6.07 Å². The highest BCUT2D eigenvalue weighted by Gasteiger charge is 2.49. The minimum Gasteiger partial charge on any atom is -0.494 e. The number of hydrogen-bond acceptors (Lipinski definition) is 8. The van der Waals surface area contributed by atoms with Crippen molar-refractivity contribution in [2.75, 3.05) is 7.11 Å². The first-order valence-corrected chi connectivity index (χ1v) is 9.31. The van der Waals surface area contributed by atoms with E-state index in [1.54, 1.807) is 0 Å². The van der Waals surface area contributed by atoms with E-state index in [2.05, 4.69) is 20.1 Å². The normalized spacial score (nSPS) is 21.1. The minimum absolute atomic E-state index is 0.124. The predicted molar refractivity (Wildman–Crippen MR) is 104 cm³/mol. The maximum absolute atomic E-state index is 14.7. The highest BCUT2D eigenvalue weighted by atomic mass is 19.4. The molecule has 0 bridgehead atoms. The average Bonchev–Trinajstić information content (AvgIpc) is 3.23. The van der Waals surface area contributed by atoms with Crippen molar-refractivity contribution < 1.29 is 31.6 Å². The van der Waals surface area contributed by atoms with Crippen LogP contribution in [-0.2, 0) is 10.3 Å². The quantitative estimate of drug-likeness (QED) is 0.601. The van der Waals surface area contributed by atoms with Gasteiger partial charge in [-0.15, -0.1) is 0 Å². The molecule has 1 aliphatic heterocycles. The van der Waals surface area contributed by atoms with Gasteiger partial charge in [-0.05, 0) is 25.1 Å². The number of aromatic nitrogens is 3. The molecule has 0 unspecified atom stereocenters. The van der Waals surface area contributed by atoms with Crippen LogP contribution in [0.1, 0.15) is 18.9 Å². The van der Waals surface area contributed by atoms with Crippen LogP contribution in [0, 0.1) is 5.82 Å². The van der Waals surface area contributed by atoms with Gasteiger partial charge in [-0.1, -0.05) is 5.16 Å². The van der Waals surface area contributed by atoms with Gasteiger partial charge >= 0.3 is 6.18 Å². The third kappa shape index (κ3) is 4.07. The molecule has 8 nitrogen and oxygen atoms in total. The van der Waals surface area contributed by atoms with Crippen molar-refractivity contribution in [3.8, 4) is 28.6 Å². The number of methoxy groups -OCH3 is 1. The van der Waals surface area contributed by atoms with Crippen LogP contribution in [0.15, 0.2) is 46.2 Å². The molecule has 168 valence electrons. The van der Waals surface area contributed by atoms with E-state index in [0.29, 0.717) is 17.0 Å². The molecular weight excluding hydrogens is 434 g/mol. The molecule has 2 N–H and O–H groups in total. The van der Waals surface area contributed by atoms with Crippen LogP contribution in [0.2, 0.25) is 0 Å². The first-order chi connectivity index (χ1) is 15.1. The third-order valence-corrected chi connectivity index (χ3v) is 5.00. The molecule has 0 amide bonds. The van der Waals surface area contributed by atoms with E-state index in [4.69, 9.17) is 19.7 Å². The molecule has 0 spiro atoms. The molecule has 0 aliphatic carbocycles. The summed E-state index contributed by atoms with van der Waals surface area (Å²) in [6.45, 7) is 1.33. The SMILES string of the molecule is COc1cnc(-c2cc(-c3ccc(F)c([C@]4(C)C[C@@H](C(F)(F)F)N=C(N)O4)c3)on2)nc1. The summed E-state index contributed by atoms with van der Waals surface area (Å²) < 4.78 is 70.2. The van der Waals surface area contributed by atoms with Gasteiger partial charge in [0, 0.05) is 23.6 Å². The largest absolute Gasteiger partial charge is 0.494 e. The minimum atomic E-state index is -4.65. The molecule has 0 fully saturated rings. The summed E-state index contributed by atoms with van der Waals surface area (Å²) in [6, 6.07) is 2.59. The van der Waals surface area contributed by atoms with Crippen LogP contribution in [0.3, 0.4) is 0 Å². The number of benzene rings is 1. The van der Waals surface area contributed by atoms with E-state index in [1.165, 1.54) is 44.6 Å². The van der Waals surface area contributed by atoms with Crippen molar-refractivity contribution in [2.24, 2.45) is 10.7 Å². The second-order valence-electron chi connectivity index (χ2n) is 7.28. The van der Waals surface area contributed by atoms with E-state index in [-0.39, 0.29) is 17.1 Å². The molecule has 0 saturated carbocycles. The van der Waals surface area contributed by atoms with Gasteiger partial charge in [0.25, 0.3) is 6.02 Å². The van der Waals surface area contributed by atoms with E-state index in [9.17, 15) is 17.6 Å². The van der Waals surface area contributed by atoms with Crippen LogP contribution in [0.5, 0.6) is 5.75 Å². The Bertz CT molecular complexity index is 1160. The topological polar surface area (TPSA) is 109 Å². The number of alkyl halides is 3. The van der Waals surface area contributed by atoms with Gasteiger partial charge in [-0.3, -0.25) is 0 Å². The lowest BCUT2D eigenvalue weighted by atomic mass is 9.86. The number of nitrogens with zero attached hydrogens (tertiary/aromatic N) is 4. The fourth-order valence-corrected chi connectivity index (χ4v) is 3.38. The van der Waals surface area contributed by atoms with E-state index >= 15 is 0 Å². The van der Waals surface area contributed by atoms with Crippen LogP contribution >= 0.6 is 0 Å². The van der Waals surface area contributed by atoms with E-state index in [1.807, 2.05) is 0 Å². The predicted octanol–water partition coefficient (Wildman–Crippen LogP) is 3.83. The second kappa shape index (κ2) is 7.77. The molecule has 0 radical (unpaired) electrons. The summed E-state index contributed by atoms with van der Waals surface area (Å²) >= 11 is 0. The molecule has 4 rings (SSSR count). The van der Waals surface area contributed by atoms with Gasteiger partial charge in [0.05, 0.1) is 19.5 Å². The van der Waals surface area contributed by atoms with Crippen molar-refractivity contribution >= 4 is 6.02 Å². The summed E-state index contributed by atoms with van der Waals surface area (Å²) in [5, 5.41) is 3.90. The molecule has 2 aromatic heterocycles. The first kappa shape index (κ1) is 21.5. The Balaban J connectivity index is 1.68. The number of amidine groups is 1. The number of hydrogen-bond donors (Lipinski definition) is 1. The number of aliphatic imine (C=N–C) groups is 1. The molecule has 3 heterocycles. The Morgan fingerprint density at radius 3 is 2.56 bits per heavy atom. The smallest absolute Gasteiger partial charge is 0.411 e. The molecule has 2 atom stereocenters. The van der Waals surface area contributed by atoms with Crippen molar-refractivity contribution in [1.29, 1.82) is 0 Å². The van der Waals surface area contributed by atoms with Crippen LogP contribution in [-0.4, -0.2) is 40.5 Å². The second-order valence-corrected chi connectivity index (χ2v) is 7.28. The maximum Gasteiger partial charge on any atom is 0.411 e. The fourth-order valence-electron chi connectivity index (χ4n) is 3.38. The first-order valence-electron chi connectivity index (χ1n) is 9.31. The number of ether oxygens (including phenoxy) is 2. The zero-order chi connectivity index (χ0) is 23.1. The fraction of sp³-hybridized carbons (Fsp3) is 0.300. The van der Waals surface area contributed by atoms with Crippen molar-refractivity contribution in [1.82, 2.24) is 15.1 Å². The molecule has 32 heavy (non-hydrogen) atoms. The monoisotopic (exact) mass is 451 g/mol. The highest BCUT2D eigenvalue weighted by molar-refractivity contribution is 5.73. The molecule has 0 saturated heterocycles. The lowest BCUT2D eigenvalue weighted by molar-refractivity contribution is -0.164. The molecule has 1 aliphatic rings. The van der Waals surface area contributed by atoms with Crippen molar-refractivity contribution in [3.05, 3.63) is 48.0 Å². The summed E-state index contributed by atoms with van der Waals surface area (Å²) in [7, 11) is 1.48. The lowest BCUT2D eigenvalue weighted by Crippen LogP contribution is -2.46. The summed E-state index contributed by atoms with van der Waals surface area (Å²) in [5.74, 6) is 0.197. The van der Waals surface area contributed by atoms with Crippen LogP contribution in [0.25, 0.3) is 22.8 Å². The number of halogens is 4. The van der Waals surface area contributed by atoms with Gasteiger partial charge in [0.15, 0.2) is 29.1 Å². The standard InChI is InChI=1S/C20H17F4N5O3/c1-19(7-16(20(22,23)24)28-18(25)31-19)12-5-10(3-4-13(12)21)15-6-14(29-32-15)17-26-8-11(30-2)9-27-17/h3-6,8-9,16H,7H2,1-2H3,(H2,25,28)/t16-,19-/m0/s1. The van der Waals surface area contributed by atoms with Gasteiger partial charge in [0.2, 0.25) is 0 Å². The summed E-state index contributed by atoms with van der Waals surface area (Å²) in [5.41, 5.74) is 4.32. The van der Waals surface area contributed by atoms with E-state index < -0.39 is 36.1 Å². The lowest BCUT2D eigenvalue weighted by Gasteiger charge is -2.37. The highest BCUT2D eigenvalue weighted by Crippen LogP contribution is 2.41. The summed E-state index contributed by atoms with van der Waals surface area (Å²) in [4.78, 5) is 11.5. The van der Waals surface area contributed by atoms with Crippen LogP contribution in [0.4, 0.5) is 17.6 Å². The molecule has 1 aromatic carbocycles. The van der Waals surface area contributed by atoms with Crippen molar-refractivity contribution in [2.45, 2.75) is 31.2 Å². The van der Waals surface area contributed by atoms with Gasteiger partial charge in [0.1, 0.15) is 11.4 Å². The number of rotatable bonds is 4. The number of nitrogens with two attached hydrogens (primary N) is 1. The summed E-state index contributed by atoms with van der Waals surface area (Å²) in [6.07, 6.45) is -2.38. The third-order valence-electron chi connectivity index (χ3n) is 5.00. The Morgan fingerprint density at radius 1 is 1.19 bits per heavy atom. The maximum atomic E-state index is 14.7. The Labute approximate surface area is 179 Å². The Hall–Kier alpha value is -3.70. The van der Waals surface area contributed by atoms with Crippen molar-refractivity contribution in [3.63, 3.8) is 0 Å². The average molecular weight is 451 g/mol. The van der Waals surface area contributed by atoms with Gasteiger partial charge in [-0.2, -0.15) is 13.2 Å². The zero-order valence-corrected chi connectivity index (χ0v) is 16.9. The Kier molecular flexibility index (Phi) is 5.23. The molecule has 3 aromatic rings. The molecular formula is C20H17F4N5O3. The van der Waals surface area contributed by atoms with Gasteiger partial charge < -0.3 is 19.7 Å². The van der Waals surface area contributed by atoms with Gasteiger partial charge in [-0.25, -0.2) is 19.4 Å². The molecule has 12 heteroatoms. The van der Waals surface area contributed by atoms with Crippen LogP contribution < -0.4 is 10.5 Å².